The molecule has 0 bridgehead atoms. The van der Waals surface area contributed by atoms with E-state index in [0.717, 1.165) is 22.4 Å². The van der Waals surface area contributed by atoms with Gasteiger partial charge in [-0.15, -0.1) is 0 Å². The number of aryl methyl sites for hydroxylation is 1. The van der Waals surface area contributed by atoms with Gasteiger partial charge in [-0.1, -0.05) is 93.6 Å². The summed E-state index contributed by atoms with van der Waals surface area (Å²) in [5, 5.41) is 13.3. The number of aromatic amines is 1. The summed E-state index contributed by atoms with van der Waals surface area (Å²) in [6.45, 7) is 21.2. The molecule has 0 spiro atoms. The van der Waals surface area contributed by atoms with Crippen molar-refractivity contribution in [3.8, 4) is 11.8 Å². The number of nitrogens with zero attached hydrogens (tertiary/aromatic N) is 3. The Kier molecular flexibility index (Phi) is 15.3. The molecule has 1 aliphatic rings. The lowest BCUT2D eigenvalue weighted by Crippen LogP contribution is -2.59. The molecule has 59 heavy (non-hydrogen) atoms. The lowest BCUT2D eigenvalue weighted by Gasteiger charge is -2.44. The fourth-order valence-electron chi connectivity index (χ4n) is 7.36. The van der Waals surface area contributed by atoms with E-state index in [0.29, 0.717) is 5.56 Å². The Morgan fingerprint density at radius 3 is 1.98 bits per heavy atom. The second-order valence-electron chi connectivity index (χ2n) is 17.1. The second kappa shape index (κ2) is 19.6. The Labute approximate surface area is 351 Å². The smallest absolute Gasteiger partial charge is 0.330 e. The summed E-state index contributed by atoms with van der Waals surface area (Å²) in [6.07, 6.45) is -0.667. The molecule has 4 aromatic rings. The number of hydrogen-bond acceptors (Lipinski definition) is 10. The topological polar surface area (TPSA) is 140 Å². The van der Waals surface area contributed by atoms with Crippen LogP contribution in [0.4, 0.5) is 0 Å². The van der Waals surface area contributed by atoms with Crippen LogP contribution < -0.4 is 21.3 Å². The lowest BCUT2D eigenvalue weighted by molar-refractivity contribution is -0.0492. The number of nitrogens with one attached hydrogen (secondary N) is 2. The first kappa shape index (κ1) is 46.1. The van der Waals surface area contributed by atoms with Gasteiger partial charge in [0.2, 0.25) is 0 Å². The Balaban J connectivity index is 1.78. The zero-order valence-corrected chi connectivity index (χ0v) is 38.3. The molecule has 0 amide bonds. The number of ether oxygens (including phenoxy) is 2. The molecule has 5 atom stereocenters. The quantitative estimate of drug-likeness (QED) is 0.0435. The van der Waals surface area contributed by atoms with Crippen LogP contribution in [0.1, 0.15) is 83.4 Å². The van der Waals surface area contributed by atoms with E-state index in [2.05, 4.69) is 119 Å². The number of aromatic nitrogens is 2. The minimum Gasteiger partial charge on any atom is -0.497 e. The molecule has 2 heterocycles. The average Bonchev–Trinajstić information content (AvgIpc) is 3.52. The number of hydrogen-bond donors (Lipinski definition) is 2. The maximum absolute atomic E-state index is 13.8. The molecule has 0 radical (unpaired) electrons. The third-order valence-electron chi connectivity index (χ3n) is 11.3. The maximum atomic E-state index is 13.8. The highest BCUT2D eigenvalue weighted by Gasteiger charge is 2.54. The summed E-state index contributed by atoms with van der Waals surface area (Å²) >= 11 is 0. The van der Waals surface area contributed by atoms with Crippen LogP contribution in [-0.4, -0.2) is 73.2 Å². The lowest BCUT2D eigenvalue weighted by atomic mass is 9.76. The molecule has 1 aliphatic heterocycles. The number of rotatable bonds is 18. The van der Waals surface area contributed by atoms with Gasteiger partial charge >= 0.3 is 5.69 Å². The van der Waals surface area contributed by atoms with Crippen molar-refractivity contribution in [2.24, 2.45) is 0 Å². The Bertz CT molecular complexity index is 2070. The van der Waals surface area contributed by atoms with Crippen LogP contribution in [0.25, 0.3) is 0 Å². The standard InChI is InChI=1S/C45H62N5O7PSi/c1-31(2)50(32(3)4)58(54-28-18-27-46)55-30-38-39(40(57-59(10,11)44(6,7)8)42(56-38)49-29-33(5)41(51)47-43(49)52)48-45(34-19-14-12-15-20-34,35-21-16-13-17-22-35)36-23-25-37(53-9)26-24-36/h12-17,19-26,29,31-32,38-40,42,48H,18,28,30H2,1-11H3,(H,47,51,52)/t38-,39-,40-,42-,58?/m1/s1. The minimum absolute atomic E-state index is 0.0546. The highest BCUT2D eigenvalue weighted by molar-refractivity contribution is 7.44. The highest BCUT2D eigenvalue weighted by Crippen LogP contribution is 2.49. The molecule has 318 valence electrons. The fourth-order valence-corrected chi connectivity index (χ4v) is 10.3. The Morgan fingerprint density at radius 2 is 1.47 bits per heavy atom. The third-order valence-corrected chi connectivity index (χ3v) is 17.9. The predicted octanol–water partition coefficient (Wildman–Crippen LogP) is 8.38. The molecule has 12 nitrogen and oxygen atoms in total. The molecule has 2 N–H and O–H groups in total. The molecule has 0 saturated carbocycles. The molecule has 5 rings (SSSR count). The van der Waals surface area contributed by atoms with Gasteiger partial charge in [0.1, 0.15) is 18.0 Å². The maximum Gasteiger partial charge on any atom is 0.330 e. The molecule has 0 aliphatic carbocycles. The number of benzene rings is 3. The van der Waals surface area contributed by atoms with Gasteiger partial charge in [0.05, 0.1) is 44.4 Å². The van der Waals surface area contributed by atoms with Crippen LogP contribution in [0.15, 0.2) is 101 Å². The van der Waals surface area contributed by atoms with Crippen molar-refractivity contribution >= 4 is 16.8 Å². The number of nitriles is 1. The van der Waals surface area contributed by atoms with Gasteiger partial charge in [-0.25, -0.2) is 9.46 Å². The van der Waals surface area contributed by atoms with Gasteiger partial charge < -0.3 is 22.9 Å². The minimum atomic E-state index is -2.62. The van der Waals surface area contributed by atoms with Crippen molar-refractivity contribution in [1.29, 1.82) is 5.26 Å². The summed E-state index contributed by atoms with van der Waals surface area (Å²) in [5.74, 6) is 0.718. The van der Waals surface area contributed by atoms with Gasteiger partial charge in [-0.3, -0.25) is 19.7 Å². The molecule has 1 aromatic heterocycles. The van der Waals surface area contributed by atoms with E-state index in [1.54, 1.807) is 20.2 Å². The summed E-state index contributed by atoms with van der Waals surface area (Å²) in [4.78, 5) is 29.1. The van der Waals surface area contributed by atoms with Gasteiger partial charge in [0, 0.05) is 23.8 Å². The zero-order chi connectivity index (χ0) is 43.1. The Morgan fingerprint density at radius 1 is 0.915 bits per heavy atom. The highest BCUT2D eigenvalue weighted by atomic mass is 31.2. The van der Waals surface area contributed by atoms with Crippen LogP contribution in [0, 0.1) is 18.3 Å². The summed E-state index contributed by atoms with van der Waals surface area (Å²) in [6, 6.07) is 30.3. The van der Waals surface area contributed by atoms with E-state index in [-0.39, 0.29) is 36.8 Å². The van der Waals surface area contributed by atoms with E-state index < -0.39 is 58.1 Å². The van der Waals surface area contributed by atoms with E-state index in [1.807, 2.05) is 48.5 Å². The fraction of sp³-hybridized carbons (Fsp3) is 0.489. The first-order valence-corrected chi connectivity index (χ1v) is 24.4. The van der Waals surface area contributed by atoms with Crippen LogP contribution >= 0.6 is 8.53 Å². The zero-order valence-electron chi connectivity index (χ0n) is 36.4. The van der Waals surface area contributed by atoms with Crippen molar-refractivity contribution in [2.45, 2.75) is 122 Å². The normalized spacial score (nSPS) is 19.3. The van der Waals surface area contributed by atoms with Crippen LogP contribution in [0.2, 0.25) is 18.1 Å². The molecular weight excluding hydrogens is 782 g/mol. The third kappa shape index (κ3) is 10.3. The van der Waals surface area contributed by atoms with E-state index in [9.17, 15) is 14.9 Å². The van der Waals surface area contributed by atoms with Gasteiger partial charge in [0.15, 0.2) is 14.5 Å². The summed E-state index contributed by atoms with van der Waals surface area (Å²) < 4.78 is 37.0. The van der Waals surface area contributed by atoms with Gasteiger partial charge in [0.25, 0.3) is 14.1 Å². The summed E-state index contributed by atoms with van der Waals surface area (Å²) in [5.41, 5.74) is 1.18. The van der Waals surface area contributed by atoms with Crippen molar-refractivity contribution < 1.29 is 22.9 Å². The molecular formula is C45H62N5O7PSi. The second-order valence-corrected chi connectivity index (χ2v) is 23.3. The van der Waals surface area contributed by atoms with Gasteiger partial charge in [-0.05, 0) is 81.6 Å². The van der Waals surface area contributed by atoms with Crippen molar-refractivity contribution in [1.82, 2.24) is 19.5 Å². The first-order chi connectivity index (χ1) is 27.9. The molecule has 1 fully saturated rings. The first-order valence-electron chi connectivity index (χ1n) is 20.3. The van der Waals surface area contributed by atoms with E-state index in [4.69, 9.17) is 22.9 Å². The average molecular weight is 844 g/mol. The van der Waals surface area contributed by atoms with Crippen LogP contribution in [0.3, 0.4) is 0 Å². The monoisotopic (exact) mass is 843 g/mol. The predicted molar refractivity (Wildman–Crippen MR) is 236 cm³/mol. The number of methoxy groups -OCH3 is 1. The Hall–Kier alpha value is -3.96. The molecule has 14 heteroatoms. The number of H-pyrrole nitrogens is 1. The van der Waals surface area contributed by atoms with Crippen molar-refractivity contribution in [2.75, 3.05) is 20.3 Å². The summed E-state index contributed by atoms with van der Waals surface area (Å²) in [7, 11) is -2.62. The molecule has 1 unspecified atom stereocenters. The van der Waals surface area contributed by atoms with Crippen molar-refractivity contribution in [3.05, 3.63) is 134 Å². The van der Waals surface area contributed by atoms with Gasteiger partial charge in [-0.2, -0.15) is 5.26 Å². The van der Waals surface area contributed by atoms with Crippen LogP contribution in [0.5, 0.6) is 5.75 Å². The van der Waals surface area contributed by atoms with Crippen molar-refractivity contribution in [3.63, 3.8) is 0 Å². The SMILES string of the molecule is COc1ccc(C(N[C@H]2[C@@H](O[Si](C)(C)C(C)(C)C)[C@H](n3cc(C)c(=O)[nH]c3=O)O[C@@H]2COP(OCCC#N)N(C(C)C)C(C)C)(c2ccccc2)c2ccccc2)cc1. The van der Waals surface area contributed by atoms with E-state index in [1.165, 1.54) is 4.57 Å². The largest absolute Gasteiger partial charge is 0.497 e. The molecule has 3 aromatic carbocycles. The van der Waals surface area contributed by atoms with E-state index >= 15 is 0 Å². The van der Waals surface area contributed by atoms with Crippen LogP contribution in [-0.2, 0) is 23.7 Å². The molecule has 1 saturated heterocycles.